The van der Waals surface area contributed by atoms with Crippen LogP contribution in [0.1, 0.15) is 27.0 Å². The van der Waals surface area contributed by atoms with Crippen molar-refractivity contribution in [3.8, 4) is 5.75 Å². The summed E-state index contributed by atoms with van der Waals surface area (Å²) in [4.78, 5) is 39.1. The summed E-state index contributed by atoms with van der Waals surface area (Å²) >= 11 is 0. The number of halogens is 1. The monoisotopic (exact) mass is 615 g/mol. The second-order valence-electron chi connectivity index (χ2n) is 10.4. The maximum Gasteiger partial charge on any atom is 0.354 e. The molecule has 3 aliphatic rings. The van der Waals surface area contributed by atoms with Gasteiger partial charge in [-0.3, -0.25) is 19.7 Å². The van der Waals surface area contributed by atoms with E-state index in [0.717, 1.165) is 30.3 Å². The molecule has 0 aromatic heterocycles. The molecule has 9 N–H and O–H groups in total. The molecule has 2 saturated heterocycles. The number of piperidine rings is 1. The normalized spacial score (nSPS) is 23.3. The highest BCUT2D eigenvalue weighted by Crippen LogP contribution is 2.46. The molecule has 2 aromatic rings. The van der Waals surface area contributed by atoms with Crippen molar-refractivity contribution < 1.29 is 69.1 Å². The van der Waals surface area contributed by atoms with E-state index >= 15 is 4.39 Å². The molecule has 4 radical (unpaired) electrons. The maximum absolute atomic E-state index is 15.2. The van der Waals surface area contributed by atoms with Crippen molar-refractivity contribution in [1.29, 1.82) is 0 Å². The van der Waals surface area contributed by atoms with Crippen LogP contribution in [0.4, 0.5) is 4.39 Å². The van der Waals surface area contributed by atoms with Gasteiger partial charge in [-0.05, 0) is 29.6 Å². The average molecular weight is 615 g/mol. The highest BCUT2D eigenvalue weighted by Gasteiger charge is 2.69. The number of carbonyl (C=O) groups excluding carboxylic acids is 3. The van der Waals surface area contributed by atoms with Gasteiger partial charge in [0.25, 0.3) is 29.4 Å². The fourth-order valence-corrected chi connectivity index (χ4v) is 5.32. The lowest BCUT2D eigenvalue weighted by molar-refractivity contribution is -0.355. The first-order chi connectivity index (χ1) is 20.3. The van der Waals surface area contributed by atoms with E-state index < -0.39 is 80.8 Å². The predicted molar refractivity (Wildman–Crippen MR) is 139 cm³/mol. The fraction of sp³-hybridized carbons (Fsp3) is 0.400. The molecule has 2 fully saturated rings. The number of imide groups is 1. The van der Waals surface area contributed by atoms with Gasteiger partial charge in [0.05, 0.1) is 34.5 Å². The standard InChI is InChI=1S/C25H24B2FN3O13/c26-23(27)16-12(19(33)31(23)17-18(32)29-20(34)22(37,38)21(17,35)36)2-1-3-15(16)44-25(41,42)13-5-4-11(10-14(13)28)24(39,40)30-6-8-43-9-7-30/h1-5,10,17,35-42H,6-9H2,(H,29,32,34). The summed E-state index contributed by atoms with van der Waals surface area (Å²) in [5, 5.41) is 82.4. The zero-order valence-electron chi connectivity index (χ0n) is 22.4. The van der Waals surface area contributed by atoms with Gasteiger partial charge in [0, 0.05) is 29.8 Å². The van der Waals surface area contributed by atoms with Crippen LogP contribution in [0, 0.1) is 5.82 Å². The van der Waals surface area contributed by atoms with Gasteiger partial charge in [0.2, 0.25) is 0 Å². The van der Waals surface area contributed by atoms with Crippen LogP contribution >= 0.6 is 0 Å². The number of ether oxygens (including phenoxy) is 2. The van der Waals surface area contributed by atoms with E-state index in [1.54, 1.807) is 0 Å². The Morgan fingerprint density at radius 2 is 1.64 bits per heavy atom. The van der Waals surface area contributed by atoms with E-state index in [-0.39, 0.29) is 36.8 Å². The number of aliphatic hydroxyl groups is 8. The van der Waals surface area contributed by atoms with Crippen LogP contribution < -0.4 is 10.1 Å². The Morgan fingerprint density at radius 1 is 1.00 bits per heavy atom. The Bertz CT molecular complexity index is 1550. The predicted octanol–water partition coefficient (Wildman–Crippen LogP) is -5.28. The zero-order chi connectivity index (χ0) is 32.6. The van der Waals surface area contributed by atoms with Crippen LogP contribution in [-0.2, 0) is 31.5 Å². The highest BCUT2D eigenvalue weighted by molar-refractivity contribution is 6.43. The van der Waals surface area contributed by atoms with Gasteiger partial charge >= 0.3 is 11.8 Å². The average Bonchev–Trinajstić information content (AvgIpc) is 3.13. The minimum absolute atomic E-state index is 0.0995. The molecule has 3 heterocycles. The van der Waals surface area contributed by atoms with Gasteiger partial charge in [-0.1, -0.05) is 12.1 Å². The van der Waals surface area contributed by atoms with Crippen molar-refractivity contribution in [3.05, 3.63) is 64.5 Å². The summed E-state index contributed by atoms with van der Waals surface area (Å²) in [6.45, 7) is 0.562. The number of benzene rings is 2. The Labute approximate surface area is 249 Å². The molecule has 3 amide bonds. The number of fused-ring (bicyclic) bond motifs is 1. The van der Waals surface area contributed by atoms with Crippen LogP contribution in [0.25, 0.3) is 0 Å². The third kappa shape index (κ3) is 4.69. The number of rotatable bonds is 6. The van der Waals surface area contributed by atoms with Gasteiger partial charge in [-0.15, -0.1) is 0 Å². The number of nitrogens with one attached hydrogen (secondary N) is 1. The van der Waals surface area contributed by atoms with Gasteiger partial charge in [-0.2, -0.15) is 0 Å². The first-order valence-electron chi connectivity index (χ1n) is 12.8. The second kappa shape index (κ2) is 10.3. The molecule has 44 heavy (non-hydrogen) atoms. The van der Waals surface area contributed by atoms with Crippen LogP contribution in [0.5, 0.6) is 5.75 Å². The smallest absolute Gasteiger partial charge is 0.354 e. The third-order valence-corrected chi connectivity index (χ3v) is 7.64. The molecule has 0 bridgehead atoms. The topological polar surface area (TPSA) is 250 Å². The molecule has 5 rings (SSSR count). The summed E-state index contributed by atoms with van der Waals surface area (Å²) in [5.74, 6) is -21.2. The number of nitrogens with zero attached hydrogens (tertiary/aromatic N) is 2. The molecule has 16 nitrogen and oxygen atoms in total. The Morgan fingerprint density at radius 3 is 2.25 bits per heavy atom. The minimum Gasteiger partial charge on any atom is -0.435 e. The van der Waals surface area contributed by atoms with Gasteiger partial charge in [0.15, 0.2) is 6.04 Å². The van der Waals surface area contributed by atoms with Crippen molar-refractivity contribution in [2.24, 2.45) is 0 Å². The van der Waals surface area contributed by atoms with E-state index in [0.29, 0.717) is 6.07 Å². The summed E-state index contributed by atoms with van der Waals surface area (Å²) in [6.07, 6.45) is 0. The van der Waals surface area contributed by atoms with Crippen molar-refractivity contribution in [2.45, 2.75) is 34.8 Å². The zero-order valence-corrected chi connectivity index (χ0v) is 22.4. The second-order valence-corrected chi connectivity index (χ2v) is 10.4. The van der Waals surface area contributed by atoms with Crippen molar-refractivity contribution in [3.63, 3.8) is 0 Å². The number of hydrogen-bond acceptors (Lipinski definition) is 14. The maximum atomic E-state index is 15.2. The summed E-state index contributed by atoms with van der Waals surface area (Å²) in [7, 11) is 12.3. The summed E-state index contributed by atoms with van der Waals surface area (Å²) in [6, 6.07) is 2.84. The number of hydrogen-bond donors (Lipinski definition) is 9. The van der Waals surface area contributed by atoms with Crippen LogP contribution in [0.3, 0.4) is 0 Å². The minimum atomic E-state index is -4.06. The molecule has 1 atom stereocenters. The number of amides is 3. The van der Waals surface area contributed by atoms with E-state index in [2.05, 4.69) is 0 Å². The molecular formula is C25H24B2FN3O13. The van der Waals surface area contributed by atoms with Crippen molar-refractivity contribution >= 4 is 33.4 Å². The molecule has 0 aliphatic carbocycles. The van der Waals surface area contributed by atoms with E-state index in [4.69, 9.17) is 25.2 Å². The van der Waals surface area contributed by atoms with Crippen LogP contribution in [0.15, 0.2) is 36.4 Å². The summed E-state index contributed by atoms with van der Waals surface area (Å²) in [5.41, 5.74) is -2.42. The molecule has 19 heteroatoms. The van der Waals surface area contributed by atoms with Crippen LogP contribution in [-0.4, -0.2) is 128 Å². The quantitative estimate of drug-likeness (QED) is 0.0837. The van der Waals surface area contributed by atoms with Crippen LogP contribution in [0.2, 0.25) is 0 Å². The van der Waals surface area contributed by atoms with Crippen molar-refractivity contribution in [2.75, 3.05) is 26.3 Å². The molecule has 230 valence electrons. The lowest BCUT2D eigenvalue weighted by atomic mass is 9.57. The molecule has 2 aromatic carbocycles. The van der Waals surface area contributed by atoms with Gasteiger partial charge in [-0.25, -0.2) is 9.29 Å². The van der Waals surface area contributed by atoms with Gasteiger partial charge in [0.1, 0.15) is 11.6 Å². The lowest BCUT2D eigenvalue weighted by Gasteiger charge is -2.49. The first-order valence-corrected chi connectivity index (χ1v) is 12.8. The van der Waals surface area contributed by atoms with Crippen molar-refractivity contribution in [1.82, 2.24) is 15.1 Å². The molecule has 0 spiro atoms. The SMILES string of the molecule is [B]C1([B])c2c(OC(O)(O)c3ccc(C(O)(O)N4CCOCC4)cc3F)cccc2C(=O)N1C1C(=O)NC(=O)C(O)(O)C1(O)O. The molecule has 0 saturated carbocycles. The molecule has 1 unspecified atom stereocenters. The first kappa shape index (κ1) is 31.9. The molecule has 3 aliphatic heterocycles. The lowest BCUT2D eigenvalue weighted by Crippen LogP contribution is -2.80. The third-order valence-electron chi connectivity index (χ3n) is 7.64. The number of carbonyl (C=O) groups is 3. The number of morpholine rings is 1. The summed E-state index contributed by atoms with van der Waals surface area (Å²) < 4.78 is 25.6. The molecular weight excluding hydrogens is 591 g/mol. The largest absolute Gasteiger partial charge is 0.435 e. The van der Waals surface area contributed by atoms with E-state index in [9.17, 15) is 55.2 Å². The fourth-order valence-electron chi connectivity index (χ4n) is 5.32. The highest BCUT2D eigenvalue weighted by atomic mass is 19.1. The van der Waals surface area contributed by atoms with E-state index in [1.165, 1.54) is 10.2 Å². The Balaban J connectivity index is 1.49. The van der Waals surface area contributed by atoms with E-state index in [1.807, 2.05) is 0 Å². The Hall–Kier alpha value is -3.49. The van der Waals surface area contributed by atoms with Gasteiger partial charge < -0.3 is 55.2 Å². The Kier molecular flexibility index (Phi) is 7.46.